The number of nitrogens with one attached hydrogen (secondary N) is 1. The second-order valence-electron chi connectivity index (χ2n) is 6.22. The van der Waals surface area contributed by atoms with Crippen molar-refractivity contribution in [3.63, 3.8) is 0 Å². The Hall–Kier alpha value is -2.33. The van der Waals surface area contributed by atoms with Crippen LogP contribution in [0, 0.1) is 0 Å². The average molecular weight is 373 g/mol. The van der Waals surface area contributed by atoms with Gasteiger partial charge in [0.15, 0.2) is 0 Å². The van der Waals surface area contributed by atoms with Gasteiger partial charge in [-0.2, -0.15) is 0 Å². The molecule has 2 aromatic rings. The molecule has 1 N–H and O–H groups in total. The monoisotopic (exact) mass is 372 g/mol. The maximum absolute atomic E-state index is 12.8. The first-order valence-corrected chi connectivity index (χ1v) is 9.21. The molecule has 0 spiro atoms. The SMILES string of the molecule is CCN(CCc1ccccc1)C(=O)CC(NC(C)=O)c1ccc(Cl)cc1. The molecule has 2 aromatic carbocycles. The normalized spacial score (nSPS) is 11.7. The zero-order valence-corrected chi connectivity index (χ0v) is 16.0. The van der Waals surface area contributed by atoms with Gasteiger partial charge in [0.1, 0.15) is 0 Å². The molecule has 0 bridgehead atoms. The van der Waals surface area contributed by atoms with Crippen LogP contribution in [0.5, 0.6) is 0 Å². The summed E-state index contributed by atoms with van der Waals surface area (Å²) in [6, 6.07) is 17.0. The van der Waals surface area contributed by atoms with Crippen LogP contribution in [0.15, 0.2) is 54.6 Å². The van der Waals surface area contributed by atoms with E-state index in [-0.39, 0.29) is 24.3 Å². The molecule has 138 valence electrons. The molecule has 0 heterocycles. The van der Waals surface area contributed by atoms with Gasteiger partial charge >= 0.3 is 0 Å². The summed E-state index contributed by atoms with van der Waals surface area (Å²) >= 11 is 5.94. The van der Waals surface area contributed by atoms with Gasteiger partial charge in [0.2, 0.25) is 11.8 Å². The van der Waals surface area contributed by atoms with E-state index in [1.54, 1.807) is 12.1 Å². The third-order valence-electron chi connectivity index (χ3n) is 4.28. The number of rotatable bonds is 8. The first-order valence-electron chi connectivity index (χ1n) is 8.84. The topological polar surface area (TPSA) is 49.4 Å². The Bertz CT molecular complexity index is 717. The van der Waals surface area contributed by atoms with E-state index in [9.17, 15) is 9.59 Å². The smallest absolute Gasteiger partial charge is 0.224 e. The van der Waals surface area contributed by atoms with Crippen molar-refractivity contribution in [2.75, 3.05) is 13.1 Å². The Kier molecular flexibility index (Phi) is 7.67. The Morgan fingerprint density at radius 1 is 1.08 bits per heavy atom. The van der Waals surface area contributed by atoms with E-state index in [2.05, 4.69) is 17.4 Å². The predicted octanol–water partition coefficient (Wildman–Crippen LogP) is 4.00. The van der Waals surface area contributed by atoms with Crippen molar-refractivity contribution in [3.05, 3.63) is 70.7 Å². The van der Waals surface area contributed by atoms with Crippen molar-refractivity contribution < 1.29 is 9.59 Å². The summed E-state index contributed by atoms with van der Waals surface area (Å²) < 4.78 is 0. The summed E-state index contributed by atoms with van der Waals surface area (Å²) in [5, 5.41) is 3.49. The number of hydrogen-bond acceptors (Lipinski definition) is 2. The third kappa shape index (κ3) is 6.19. The van der Waals surface area contributed by atoms with Gasteiger partial charge in [0.05, 0.1) is 12.5 Å². The summed E-state index contributed by atoms with van der Waals surface area (Å²) in [5.41, 5.74) is 2.08. The number of nitrogens with zero attached hydrogens (tertiary/aromatic N) is 1. The van der Waals surface area contributed by atoms with E-state index in [1.165, 1.54) is 12.5 Å². The quantitative estimate of drug-likeness (QED) is 0.761. The van der Waals surface area contributed by atoms with Crippen LogP contribution in [-0.2, 0) is 16.0 Å². The van der Waals surface area contributed by atoms with Crippen LogP contribution in [0.4, 0.5) is 0 Å². The van der Waals surface area contributed by atoms with Gasteiger partial charge in [-0.05, 0) is 36.6 Å². The van der Waals surface area contributed by atoms with E-state index in [4.69, 9.17) is 11.6 Å². The lowest BCUT2D eigenvalue weighted by Gasteiger charge is -2.25. The first kappa shape index (κ1) is 20.0. The molecule has 26 heavy (non-hydrogen) atoms. The van der Waals surface area contributed by atoms with E-state index >= 15 is 0 Å². The van der Waals surface area contributed by atoms with Crippen LogP contribution < -0.4 is 5.32 Å². The number of amides is 2. The molecule has 0 aliphatic heterocycles. The second-order valence-corrected chi connectivity index (χ2v) is 6.65. The van der Waals surface area contributed by atoms with Gasteiger partial charge in [-0.15, -0.1) is 0 Å². The highest BCUT2D eigenvalue weighted by Gasteiger charge is 2.20. The zero-order valence-electron chi connectivity index (χ0n) is 15.2. The zero-order chi connectivity index (χ0) is 18.9. The van der Waals surface area contributed by atoms with Crippen molar-refractivity contribution in [1.29, 1.82) is 0 Å². The van der Waals surface area contributed by atoms with Crippen LogP contribution in [0.3, 0.4) is 0 Å². The maximum Gasteiger partial charge on any atom is 0.224 e. The highest BCUT2D eigenvalue weighted by Crippen LogP contribution is 2.20. The molecule has 1 unspecified atom stereocenters. The van der Waals surface area contributed by atoms with Crippen molar-refractivity contribution >= 4 is 23.4 Å². The summed E-state index contributed by atoms with van der Waals surface area (Å²) in [7, 11) is 0. The number of carbonyl (C=O) groups excluding carboxylic acids is 2. The van der Waals surface area contributed by atoms with Gasteiger partial charge in [0, 0.05) is 25.0 Å². The molecule has 0 aliphatic rings. The summed E-state index contributed by atoms with van der Waals surface area (Å²) in [6.07, 6.45) is 1.04. The van der Waals surface area contributed by atoms with Gasteiger partial charge in [0.25, 0.3) is 0 Å². The van der Waals surface area contributed by atoms with E-state index in [0.29, 0.717) is 18.1 Å². The fourth-order valence-electron chi connectivity index (χ4n) is 2.86. The Labute approximate surface area is 160 Å². The van der Waals surface area contributed by atoms with Gasteiger partial charge in [-0.1, -0.05) is 54.1 Å². The molecule has 0 aliphatic carbocycles. The number of carbonyl (C=O) groups is 2. The fourth-order valence-corrected chi connectivity index (χ4v) is 2.99. The van der Waals surface area contributed by atoms with Gasteiger partial charge < -0.3 is 10.2 Å². The highest BCUT2D eigenvalue weighted by atomic mass is 35.5. The predicted molar refractivity (Wildman–Crippen MR) is 105 cm³/mol. The van der Waals surface area contributed by atoms with Crippen molar-refractivity contribution in [3.8, 4) is 0 Å². The lowest BCUT2D eigenvalue weighted by atomic mass is 10.0. The fraction of sp³-hybridized carbons (Fsp3) is 0.333. The number of likely N-dealkylation sites (N-methyl/N-ethyl adjacent to an activating group) is 1. The van der Waals surface area contributed by atoms with E-state index < -0.39 is 0 Å². The molecule has 1 atom stereocenters. The maximum atomic E-state index is 12.8. The molecule has 2 amide bonds. The second kappa shape index (κ2) is 9.97. The molecule has 0 fully saturated rings. The van der Waals surface area contributed by atoms with Gasteiger partial charge in [-0.3, -0.25) is 9.59 Å². The number of benzene rings is 2. The number of halogens is 1. The minimum atomic E-state index is -0.358. The average Bonchev–Trinajstić information content (AvgIpc) is 2.63. The summed E-state index contributed by atoms with van der Waals surface area (Å²) in [5.74, 6) is -0.137. The largest absolute Gasteiger partial charge is 0.349 e. The Morgan fingerprint density at radius 3 is 2.31 bits per heavy atom. The van der Waals surface area contributed by atoms with Crippen molar-refractivity contribution in [1.82, 2.24) is 10.2 Å². The van der Waals surface area contributed by atoms with E-state index in [0.717, 1.165) is 12.0 Å². The van der Waals surface area contributed by atoms with Crippen LogP contribution in [0.1, 0.15) is 37.4 Å². The minimum absolute atomic E-state index is 0.0251. The molecule has 2 rings (SSSR count). The standard InChI is InChI=1S/C21H25ClN2O2/c1-3-24(14-13-17-7-5-4-6-8-17)21(26)15-20(23-16(2)25)18-9-11-19(22)12-10-18/h4-12,20H,3,13-15H2,1-2H3,(H,23,25). The molecule has 0 radical (unpaired) electrons. The van der Waals surface area contributed by atoms with Crippen LogP contribution in [0.25, 0.3) is 0 Å². The molecule has 0 saturated heterocycles. The molecule has 0 saturated carbocycles. The molecule has 0 aromatic heterocycles. The van der Waals surface area contributed by atoms with Gasteiger partial charge in [-0.25, -0.2) is 0 Å². The van der Waals surface area contributed by atoms with Crippen molar-refractivity contribution in [2.45, 2.75) is 32.7 Å². The summed E-state index contributed by atoms with van der Waals surface area (Å²) in [6.45, 7) is 4.73. The third-order valence-corrected chi connectivity index (χ3v) is 4.53. The van der Waals surface area contributed by atoms with E-state index in [1.807, 2.05) is 42.2 Å². The summed E-state index contributed by atoms with van der Waals surface area (Å²) in [4.78, 5) is 26.2. The molecule has 5 heteroatoms. The lowest BCUT2D eigenvalue weighted by molar-refractivity contribution is -0.131. The number of hydrogen-bond donors (Lipinski definition) is 1. The Morgan fingerprint density at radius 2 is 1.73 bits per heavy atom. The molecular formula is C21H25ClN2O2. The van der Waals surface area contributed by atoms with Crippen molar-refractivity contribution in [2.24, 2.45) is 0 Å². The molecular weight excluding hydrogens is 348 g/mol. The van der Waals surface area contributed by atoms with Crippen LogP contribution in [0.2, 0.25) is 5.02 Å². The Balaban J connectivity index is 2.03. The lowest BCUT2D eigenvalue weighted by Crippen LogP contribution is -2.37. The van der Waals surface area contributed by atoms with Crippen LogP contribution >= 0.6 is 11.6 Å². The first-order chi connectivity index (χ1) is 12.5. The minimum Gasteiger partial charge on any atom is -0.349 e. The van der Waals surface area contributed by atoms with Crippen LogP contribution in [-0.4, -0.2) is 29.8 Å². The highest BCUT2D eigenvalue weighted by molar-refractivity contribution is 6.30. The molecule has 4 nitrogen and oxygen atoms in total.